The summed E-state index contributed by atoms with van der Waals surface area (Å²) in [5, 5.41) is 8.26. The molecule has 0 aliphatic carbocycles. The maximum absolute atomic E-state index is 12.5. The maximum Gasteiger partial charge on any atom is 0.281 e. The number of aromatic nitrogens is 3. The van der Waals surface area contributed by atoms with E-state index in [1.165, 1.54) is 28.2 Å². The lowest BCUT2D eigenvalue weighted by Crippen LogP contribution is -2.16. The number of hydrogen-bond acceptors (Lipinski definition) is 7. The first-order valence-electron chi connectivity index (χ1n) is 5.73. The van der Waals surface area contributed by atoms with Crippen molar-refractivity contribution in [3.05, 3.63) is 24.0 Å². The van der Waals surface area contributed by atoms with Crippen LogP contribution in [0.15, 0.2) is 33.6 Å². The lowest BCUT2D eigenvalue weighted by molar-refractivity contribution is 0.420. The van der Waals surface area contributed by atoms with Crippen molar-refractivity contribution in [1.29, 1.82) is 0 Å². The standard InChI is InChI=1S/C10H11N5O3S2/c1-2-11-8-9(15-3-4-19-10(15)13-8)20(16,17)14-7-5-12-18-6-7/h3-6,11,14H,2H2,1H3. The van der Waals surface area contributed by atoms with Crippen molar-refractivity contribution in [2.75, 3.05) is 16.6 Å². The van der Waals surface area contributed by atoms with Crippen LogP contribution < -0.4 is 10.0 Å². The van der Waals surface area contributed by atoms with Crippen LogP contribution in [0.2, 0.25) is 0 Å². The topological polar surface area (TPSA) is 102 Å². The van der Waals surface area contributed by atoms with Gasteiger partial charge in [-0.15, -0.1) is 11.3 Å². The Hall–Kier alpha value is -2.07. The summed E-state index contributed by atoms with van der Waals surface area (Å²) in [6.07, 6.45) is 4.17. The molecule has 3 aromatic heterocycles. The Balaban J connectivity index is 2.11. The number of anilines is 2. The second-order valence-corrected chi connectivity index (χ2v) is 6.34. The Kier molecular flexibility index (Phi) is 3.10. The lowest BCUT2D eigenvalue weighted by Gasteiger charge is -2.07. The third kappa shape index (κ3) is 2.12. The monoisotopic (exact) mass is 313 g/mol. The Bertz CT molecular complexity index is 818. The zero-order chi connectivity index (χ0) is 14.2. The molecule has 0 saturated heterocycles. The average Bonchev–Trinajstić information content (AvgIpc) is 3.04. The minimum absolute atomic E-state index is 0.0665. The molecule has 0 saturated carbocycles. The van der Waals surface area contributed by atoms with E-state index in [2.05, 4.69) is 24.7 Å². The first-order valence-corrected chi connectivity index (χ1v) is 8.09. The van der Waals surface area contributed by atoms with Crippen LogP contribution >= 0.6 is 11.3 Å². The largest absolute Gasteiger partial charge is 0.368 e. The van der Waals surface area contributed by atoms with Crippen molar-refractivity contribution in [1.82, 2.24) is 14.5 Å². The number of sulfonamides is 1. The molecule has 0 atom stereocenters. The van der Waals surface area contributed by atoms with Crippen LogP contribution in [0.3, 0.4) is 0 Å². The highest BCUT2D eigenvalue weighted by Crippen LogP contribution is 2.27. The van der Waals surface area contributed by atoms with E-state index in [0.29, 0.717) is 17.3 Å². The fraction of sp³-hybridized carbons (Fsp3) is 0.200. The van der Waals surface area contributed by atoms with E-state index in [1.54, 1.807) is 11.6 Å². The third-order valence-electron chi connectivity index (χ3n) is 2.50. The van der Waals surface area contributed by atoms with E-state index in [0.717, 1.165) is 0 Å². The summed E-state index contributed by atoms with van der Waals surface area (Å²) in [6, 6.07) is 0. The van der Waals surface area contributed by atoms with Gasteiger partial charge < -0.3 is 9.84 Å². The highest BCUT2D eigenvalue weighted by Gasteiger charge is 2.26. The molecule has 0 bridgehead atoms. The summed E-state index contributed by atoms with van der Waals surface area (Å²) in [5.74, 6) is 0.323. The molecule has 0 fully saturated rings. The Morgan fingerprint density at radius 3 is 3.05 bits per heavy atom. The van der Waals surface area contributed by atoms with Crippen molar-refractivity contribution >= 4 is 37.8 Å². The minimum atomic E-state index is -3.79. The fourth-order valence-corrected chi connectivity index (χ4v) is 3.82. The second-order valence-electron chi connectivity index (χ2n) is 3.87. The van der Waals surface area contributed by atoms with Gasteiger partial charge in [0.25, 0.3) is 10.0 Å². The molecular weight excluding hydrogens is 302 g/mol. The van der Waals surface area contributed by atoms with Crippen LogP contribution in [0, 0.1) is 0 Å². The van der Waals surface area contributed by atoms with Gasteiger partial charge in [0.05, 0.1) is 6.20 Å². The first-order chi connectivity index (χ1) is 9.62. The molecule has 0 aliphatic rings. The Labute approximate surface area is 118 Å². The highest BCUT2D eigenvalue weighted by molar-refractivity contribution is 7.92. The zero-order valence-electron chi connectivity index (χ0n) is 10.4. The molecule has 3 rings (SSSR count). The molecule has 0 unspecified atom stereocenters. The summed E-state index contributed by atoms with van der Waals surface area (Å²) < 4.78 is 33.5. The van der Waals surface area contributed by atoms with Gasteiger partial charge in [-0.25, -0.2) is 4.98 Å². The van der Waals surface area contributed by atoms with Crippen molar-refractivity contribution < 1.29 is 12.9 Å². The van der Waals surface area contributed by atoms with Gasteiger partial charge in [0.2, 0.25) is 5.03 Å². The predicted molar refractivity (Wildman–Crippen MR) is 74.5 cm³/mol. The van der Waals surface area contributed by atoms with Gasteiger partial charge >= 0.3 is 0 Å². The number of nitrogens with zero attached hydrogens (tertiary/aromatic N) is 3. The van der Waals surface area contributed by atoms with Crippen LogP contribution in [0.25, 0.3) is 4.96 Å². The van der Waals surface area contributed by atoms with Crippen molar-refractivity contribution in [3.63, 3.8) is 0 Å². The number of hydrogen-bond donors (Lipinski definition) is 2. The number of rotatable bonds is 5. The van der Waals surface area contributed by atoms with Crippen molar-refractivity contribution in [3.8, 4) is 0 Å². The van der Waals surface area contributed by atoms with Gasteiger partial charge in [-0.05, 0) is 6.92 Å². The van der Waals surface area contributed by atoms with Crippen LogP contribution in [0.5, 0.6) is 0 Å². The molecular formula is C10H11N5O3S2. The molecule has 20 heavy (non-hydrogen) atoms. The van der Waals surface area contributed by atoms with E-state index in [1.807, 2.05) is 6.92 Å². The molecule has 0 amide bonds. The van der Waals surface area contributed by atoms with E-state index >= 15 is 0 Å². The number of nitrogens with one attached hydrogen (secondary N) is 2. The van der Waals surface area contributed by atoms with Crippen LogP contribution in [0.4, 0.5) is 11.5 Å². The van der Waals surface area contributed by atoms with Gasteiger partial charge in [0.15, 0.2) is 10.8 Å². The summed E-state index contributed by atoms with van der Waals surface area (Å²) in [7, 11) is -3.79. The van der Waals surface area contributed by atoms with Crippen molar-refractivity contribution in [2.45, 2.75) is 11.9 Å². The minimum Gasteiger partial charge on any atom is -0.368 e. The van der Waals surface area contributed by atoms with Crippen LogP contribution in [0.1, 0.15) is 6.92 Å². The smallest absolute Gasteiger partial charge is 0.281 e. The molecule has 0 radical (unpaired) electrons. The third-order valence-corrected chi connectivity index (χ3v) is 4.66. The quantitative estimate of drug-likeness (QED) is 0.742. The van der Waals surface area contributed by atoms with Gasteiger partial charge in [-0.3, -0.25) is 9.12 Å². The van der Waals surface area contributed by atoms with E-state index < -0.39 is 10.0 Å². The van der Waals surface area contributed by atoms with E-state index in [9.17, 15) is 8.42 Å². The number of thiazole rings is 1. The summed E-state index contributed by atoms with van der Waals surface area (Å²) in [5.41, 5.74) is 0.262. The van der Waals surface area contributed by atoms with Gasteiger partial charge in [0, 0.05) is 18.1 Å². The second kappa shape index (κ2) is 4.80. The number of imidazole rings is 1. The van der Waals surface area contributed by atoms with Crippen LogP contribution in [-0.2, 0) is 10.0 Å². The SMILES string of the molecule is CCNc1nc2sccn2c1S(=O)(=O)Nc1cnoc1. The lowest BCUT2D eigenvalue weighted by atomic mass is 10.6. The molecule has 8 nitrogen and oxygen atoms in total. The molecule has 3 heterocycles. The summed E-state index contributed by atoms with van der Waals surface area (Å²) in [4.78, 5) is 4.87. The Morgan fingerprint density at radius 2 is 2.35 bits per heavy atom. The van der Waals surface area contributed by atoms with Crippen LogP contribution in [-0.4, -0.2) is 29.5 Å². The molecule has 106 valence electrons. The summed E-state index contributed by atoms with van der Waals surface area (Å²) in [6.45, 7) is 2.44. The molecule has 2 N–H and O–H groups in total. The normalized spacial score (nSPS) is 11.8. The molecule has 0 spiro atoms. The van der Waals surface area contributed by atoms with E-state index in [-0.39, 0.29) is 10.7 Å². The molecule has 0 aliphatic heterocycles. The first kappa shape index (κ1) is 12.9. The van der Waals surface area contributed by atoms with Gasteiger partial charge in [0.1, 0.15) is 12.0 Å². The summed E-state index contributed by atoms with van der Waals surface area (Å²) >= 11 is 1.36. The van der Waals surface area contributed by atoms with E-state index in [4.69, 9.17) is 0 Å². The number of fused-ring (bicyclic) bond motifs is 1. The highest BCUT2D eigenvalue weighted by atomic mass is 32.2. The maximum atomic E-state index is 12.5. The van der Waals surface area contributed by atoms with Crippen molar-refractivity contribution in [2.24, 2.45) is 0 Å². The zero-order valence-corrected chi connectivity index (χ0v) is 12.0. The molecule has 0 aromatic carbocycles. The Morgan fingerprint density at radius 1 is 1.50 bits per heavy atom. The average molecular weight is 313 g/mol. The molecule has 10 heteroatoms. The predicted octanol–water partition coefficient (Wildman–Crippen LogP) is 1.62. The molecule has 3 aromatic rings. The van der Waals surface area contributed by atoms with Gasteiger partial charge in [-0.2, -0.15) is 8.42 Å². The fourth-order valence-electron chi connectivity index (χ4n) is 1.76. The van der Waals surface area contributed by atoms with Gasteiger partial charge in [-0.1, -0.05) is 5.16 Å².